The van der Waals surface area contributed by atoms with Gasteiger partial charge in [0.1, 0.15) is 29.9 Å². The first-order valence-electron chi connectivity index (χ1n) is 17.0. The summed E-state index contributed by atoms with van der Waals surface area (Å²) in [5, 5.41) is 19.0. The molecular weight excluding hydrogens is 702 g/mol. The van der Waals surface area contributed by atoms with Crippen LogP contribution in [0, 0.1) is 11.6 Å². The van der Waals surface area contributed by atoms with E-state index in [0.29, 0.717) is 49.1 Å². The maximum absolute atomic E-state index is 14.9. The van der Waals surface area contributed by atoms with Crippen LogP contribution in [0.25, 0.3) is 6.08 Å². The number of thioether (sulfide) groups is 1. The van der Waals surface area contributed by atoms with E-state index in [2.05, 4.69) is 25.2 Å². The molecule has 0 bridgehead atoms. The maximum atomic E-state index is 14.9. The molecule has 3 amide bonds. The SMILES string of the molecule is CC(=O)NC1CCN(c2cc(Cl)ccc2/C=C2\SC(=O)N(CCCN3CCN(CC(O)(Cn4cncn4)c4ccc(F)cc4F)CC3)C2=O)CC1. The molecule has 1 unspecified atom stereocenters. The van der Waals surface area contributed by atoms with Gasteiger partial charge >= 0.3 is 0 Å². The number of hydrogen-bond acceptors (Lipinski definition) is 10. The van der Waals surface area contributed by atoms with Gasteiger partial charge in [-0.25, -0.2) is 18.4 Å². The van der Waals surface area contributed by atoms with Crippen LogP contribution in [-0.4, -0.2) is 117 Å². The molecule has 12 nitrogen and oxygen atoms in total. The van der Waals surface area contributed by atoms with Crippen molar-refractivity contribution in [3.63, 3.8) is 0 Å². The minimum atomic E-state index is -1.68. The van der Waals surface area contributed by atoms with Crippen molar-refractivity contribution in [2.45, 2.75) is 44.4 Å². The van der Waals surface area contributed by atoms with Gasteiger partial charge in [0.15, 0.2) is 0 Å². The summed E-state index contributed by atoms with van der Waals surface area (Å²) in [7, 11) is 0. The first kappa shape index (κ1) is 36.9. The number of aliphatic hydroxyl groups is 1. The molecule has 0 saturated carbocycles. The van der Waals surface area contributed by atoms with Crippen LogP contribution in [0.2, 0.25) is 5.02 Å². The number of nitrogens with one attached hydrogen (secondary N) is 1. The second-order valence-electron chi connectivity index (χ2n) is 13.2. The molecule has 3 aliphatic rings. The number of benzene rings is 2. The first-order valence-corrected chi connectivity index (χ1v) is 18.2. The van der Waals surface area contributed by atoms with Gasteiger partial charge in [0.05, 0.1) is 11.4 Å². The zero-order valence-corrected chi connectivity index (χ0v) is 29.9. The van der Waals surface area contributed by atoms with E-state index in [0.717, 1.165) is 61.1 Å². The van der Waals surface area contributed by atoms with E-state index in [1.165, 1.54) is 35.2 Å². The van der Waals surface area contributed by atoms with Crippen LogP contribution < -0.4 is 10.2 Å². The van der Waals surface area contributed by atoms with Crippen molar-refractivity contribution in [1.29, 1.82) is 0 Å². The number of nitrogens with zero attached hydrogens (tertiary/aromatic N) is 7. The summed E-state index contributed by atoms with van der Waals surface area (Å²) in [6.07, 6.45) is 6.71. The van der Waals surface area contributed by atoms with Crippen molar-refractivity contribution in [3.8, 4) is 0 Å². The van der Waals surface area contributed by atoms with Gasteiger partial charge in [0.2, 0.25) is 5.91 Å². The van der Waals surface area contributed by atoms with E-state index in [-0.39, 0.29) is 48.3 Å². The topological polar surface area (TPSA) is 127 Å². The van der Waals surface area contributed by atoms with Gasteiger partial charge in [-0.1, -0.05) is 23.7 Å². The Balaban J connectivity index is 1.01. The Morgan fingerprint density at radius 2 is 1.78 bits per heavy atom. The smallest absolute Gasteiger partial charge is 0.293 e. The fourth-order valence-electron chi connectivity index (χ4n) is 6.96. The van der Waals surface area contributed by atoms with E-state index < -0.39 is 17.2 Å². The number of halogens is 3. The predicted octanol–water partition coefficient (Wildman–Crippen LogP) is 3.95. The monoisotopic (exact) mass is 742 g/mol. The molecule has 6 rings (SSSR count). The number of rotatable bonds is 12. The van der Waals surface area contributed by atoms with Gasteiger partial charge < -0.3 is 20.2 Å². The minimum absolute atomic E-state index is 0.0105. The van der Waals surface area contributed by atoms with Crippen LogP contribution in [-0.2, 0) is 21.7 Å². The molecule has 3 aromatic rings. The Labute approximate surface area is 304 Å². The number of aromatic nitrogens is 3. The van der Waals surface area contributed by atoms with Crippen molar-refractivity contribution in [2.24, 2.45) is 0 Å². The predicted molar refractivity (Wildman–Crippen MR) is 191 cm³/mol. The van der Waals surface area contributed by atoms with Crippen molar-refractivity contribution in [1.82, 2.24) is 34.8 Å². The summed E-state index contributed by atoms with van der Waals surface area (Å²) in [4.78, 5) is 49.8. The summed E-state index contributed by atoms with van der Waals surface area (Å²) < 4.78 is 29.9. The molecular formula is C35H41ClF2N8O4S. The number of β-amino-alcohol motifs (C(OH)–C–C–N with tert-alkyl or cyclic N) is 1. The minimum Gasteiger partial charge on any atom is -0.382 e. The van der Waals surface area contributed by atoms with Crippen LogP contribution in [0.15, 0.2) is 54.0 Å². The molecule has 2 N–H and O–H groups in total. The number of hydrogen-bond donors (Lipinski definition) is 2. The van der Waals surface area contributed by atoms with E-state index in [1.54, 1.807) is 12.1 Å². The highest BCUT2D eigenvalue weighted by Crippen LogP contribution is 2.36. The van der Waals surface area contributed by atoms with Crippen molar-refractivity contribution < 1.29 is 28.3 Å². The molecule has 3 aliphatic heterocycles. The van der Waals surface area contributed by atoms with E-state index in [4.69, 9.17) is 11.6 Å². The number of anilines is 1. The highest BCUT2D eigenvalue weighted by molar-refractivity contribution is 8.18. The van der Waals surface area contributed by atoms with Crippen LogP contribution in [0.1, 0.15) is 37.3 Å². The molecule has 3 saturated heterocycles. The highest BCUT2D eigenvalue weighted by atomic mass is 35.5. The van der Waals surface area contributed by atoms with Crippen LogP contribution >= 0.6 is 23.4 Å². The van der Waals surface area contributed by atoms with Crippen molar-refractivity contribution in [3.05, 3.63) is 81.7 Å². The van der Waals surface area contributed by atoms with Crippen molar-refractivity contribution in [2.75, 3.05) is 63.8 Å². The normalized spacial score (nSPS) is 20.0. The molecule has 0 spiro atoms. The summed E-state index contributed by atoms with van der Waals surface area (Å²) in [6.45, 7) is 6.51. The lowest BCUT2D eigenvalue weighted by atomic mass is 9.92. The Bertz CT molecular complexity index is 1770. The van der Waals surface area contributed by atoms with Crippen molar-refractivity contribution >= 4 is 52.2 Å². The third kappa shape index (κ3) is 9.13. The third-order valence-corrected chi connectivity index (χ3v) is 10.7. The number of carbonyl (C=O) groups excluding carboxylic acids is 3. The van der Waals surface area contributed by atoms with Gasteiger partial charge in [0, 0.05) is 87.7 Å². The number of imide groups is 1. The summed E-state index contributed by atoms with van der Waals surface area (Å²) in [5.41, 5.74) is -0.00106. The second-order valence-corrected chi connectivity index (χ2v) is 14.6. The number of carbonyl (C=O) groups is 3. The lowest BCUT2D eigenvalue weighted by molar-refractivity contribution is -0.123. The van der Waals surface area contributed by atoms with Crippen LogP contribution in [0.4, 0.5) is 19.3 Å². The largest absolute Gasteiger partial charge is 0.382 e. The molecule has 1 aromatic heterocycles. The molecule has 2 aromatic carbocycles. The fraction of sp³-hybridized carbons (Fsp3) is 0.457. The fourth-order valence-corrected chi connectivity index (χ4v) is 7.98. The van der Waals surface area contributed by atoms with Gasteiger partial charge in [-0.05, 0) is 67.4 Å². The molecule has 4 heterocycles. The second kappa shape index (κ2) is 16.2. The molecule has 16 heteroatoms. The molecule has 0 radical (unpaired) electrons. The van der Waals surface area contributed by atoms with Gasteiger partial charge in [-0.15, -0.1) is 0 Å². The zero-order valence-electron chi connectivity index (χ0n) is 28.3. The average Bonchev–Trinajstić information content (AvgIpc) is 3.69. The Kier molecular flexibility index (Phi) is 11.7. The Morgan fingerprint density at radius 3 is 2.47 bits per heavy atom. The number of piperidine rings is 1. The molecule has 51 heavy (non-hydrogen) atoms. The molecule has 272 valence electrons. The van der Waals surface area contributed by atoms with Gasteiger partial charge in [-0.3, -0.25) is 24.2 Å². The lowest BCUT2D eigenvalue weighted by Crippen LogP contribution is -2.52. The lowest BCUT2D eigenvalue weighted by Gasteiger charge is -2.39. The summed E-state index contributed by atoms with van der Waals surface area (Å²) in [5.74, 6) is -1.91. The highest BCUT2D eigenvalue weighted by Gasteiger charge is 2.37. The Hall–Kier alpha value is -3.89. The number of piperazine rings is 1. The standard InChI is InChI=1S/C35H41ClF2N8O4S/c1-24(47)41-28-7-11-44(12-8-28)31-18-26(36)4-3-25(31)17-32-33(48)46(34(49)51-32)10-2-9-42-13-15-43(16-14-42)20-35(50,21-45-23-39-22-40-45)29-6-5-27(37)19-30(29)38/h3-6,17-19,22-23,28,50H,2,7-16,20-21H2,1H3,(H,41,47)/b32-17-. The average molecular weight is 743 g/mol. The summed E-state index contributed by atoms with van der Waals surface area (Å²) in [6, 6.07) is 8.78. The van der Waals surface area contributed by atoms with Gasteiger partial charge in [-0.2, -0.15) is 5.10 Å². The zero-order chi connectivity index (χ0) is 36.1. The molecule has 1 atom stereocenters. The summed E-state index contributed by atoms with van der Waals surface area (Å²) >= 11 is 7.29. The van der Waals surface area contributed by atoms with E-state index in [1.807, 2.05) is 17.0 Å². The van der Waals surface area contributed by atoms with Gasteiger partial charge in [0.25, 0.3) is 11.1 Å². The first-order chi connectivity index (χ1) is 24.5. The number of amides is 3. The molecule has 0 aliphatic carbocycles. The quantitative estimate of drug-likeness (QED) is 0.264. The van der Waals surface area contributed by atoms with E-state index in [9.17, 15) is 28.3 Å². The third-order valence-electron chi connectivity index (χ3n) is 9.52. The molecule has 3 fully saturated rings. The van der Waals surface area contributed by atoms with Crippen LogP contribution in [0.3, 0.4) is 0 Å². The maximum Gasteiger partial charge on any atom is 0.293 e. The Morgan fingerprint density at radius 1 is 1.04 bits per heavy atom. The van der Waals surface area contributed by atoms with E-state index >= 15 is 0 Å². The van der Waals surface area contributed by atoms with Crippen LogP contribution in [0.5, 0.6) is 0 Å².